The first-order valence-corrected chi connectivity index (χ1v) is 6.59. The average Bonchev–Trinajstić information content (AvgIpc) is 2.88. The van der Waals surface area contributed by atoms with E-state index in [9.17, 15) is 4.79 Å². The summed E-state index contributed by atoms with van der Waals surface area (Å²) in [7, 11) is 0. The van der Waals surface area contributed by atoms with Gasteiger partial charge >= 0.3 is 0 Å². The van der Waals surface area contributed by atoms with Crippen molar-refractivity contribution < 1.29 is 4.79 Å². The Bertz CT molecular complexity index is 640. The molecule has 1 amide bonds. The number of carbonyl (C=O) groups is 1. The van der Waals surface area contributed by atoms with Crippen LogP contribution in [0.1, 0.15) is 40.7 Å². The molecule has 1 N–H and O–H groups in total. The largest absolute Gasteiger partial charge is 0.321 e. The number of nitrogens with zero attached hydrogens (tertiary/aromatic N) is 2. The number of anilines is 1. The number of aromatic nitrogens is 2. The zero-order chi connectivity index (χ0) is 13.8. The van der Waals surface area contributed by atoms with Gasteiger partial charge in [-0.05, 0) is 35.6 Å². The van der Waals surface area contributed by atoms with Gasteiger partial charge in [-0.15, -0.1) is 11.5 Å². The maximum absolute atomic E-state index is 12.2. The van der Waals surface area contributed by atoms with Crippen LogP contribution in [0.5, 0.6) is 0 Å². The quantitative estimate of drug-likeness (QED) is 0.873. The van der Waals surface area contributed by atoms with Crippen LogP contribution in [0.4, 0.5) is 5.69 Å². The number of amides is 1. The Morgan fingerprint density at radius 2 is 2.26 bits per heavy atom. The van der Waals surface area contributed by atoms with E-state index in [0.717, 1.165) is 22.8 Å². The topological polar surface area (TPSA) is 54.9 Å². The van der Waals surface area contributed by atoms with E-state index in [4.69, 9.17) is 6.42 Å². The zero-order valence-electron chi connectivity index (χ0n) is 10.7. The highest BCUT2D eigenvalue weighted by Gasteiger charge is 2.18. The first kappa shape index (κ1) is 13.2. The summed E-state index contributed by atoms with van der Waals surface area (Å²) in [4.78, 5) is 12.7. The number of terminal acetylenes is 1. The lowest BCUT2D eigenvalue weighted by Crippen LogP contribution is -2.13. The van der Waals surface area contributed by atoms with Crippen molar-refractivity contribution in [3.05, 3.63) is 40.4 Å². The molecule has 2 rings (SSSR count). The fourth-order valence-corrected chi connectivity index (χ4v) is 2.32. The van der Waals surface area contributed by atoms with Gasteiger partial charge in [0.2, 0.25) is 0 Å². The standard InChI is InChI=1S/C14H13N3OS/c1-4-10-6-5-7-11(8-10)15-14(18)13-12(9(2)3)16-17-19-13/h1,5-9H,2-3H3,(H,15,18). The Kier molecular flexibility index (Phi) is 3.93. The van der Waals surface area contributed by atoms with E-state index in [1.807, 2.05) is 19.9 Å². The highest BCUT2D eigenvalue weighted by molar-refractivity contribution is 7.08. The Hall–Kier alpha value is -2.19. The van der Waals surface area contributed by atoms with Gasteiger partial charge in [0, 0.05) is 11.3 Å². The molecule has 0 radical (unpaired) electrons. The molecule has 0 aliphatic carbocycles. The number of benzene rings is 1. The highest BCUT2D eigenvalue weighted by Crippen LogP contribution is 2.21. The first-order valence-electron chi connectivity index (χ1n) is 5.82. The zero-order valence-corrected chi connectivity index (χ0v) is 11.5. The highest BCUT2D eigenvalue weighted by atomic mass is 32.1. The Morgan fingerprint density at radius 1 is 1.47 bits per heavy atom. The minimum Gasteiger partial charge on any atom is -0.321 e. The van der Waals surface area contributed by atoms with Crippen LogP contribution >= 0.6 is 11.5 Å². The van der Waals surface area contributed by atoms with Gasteiger partial charge in [-0.3, -0.25) is 4.79 Å². The predicted molar refractivity (Wildman–Crippen MR) is 76.3 cm³/mol. The van der Waals surface area contributed by atoms with Crippen molar-refractivity contribution in [3.8, 4) is 12.3 Å². The predicted octanol–water partition coefficient (Wildman–Crippen LogP) is 2.90. The van der Waals surface area contributed by atoms with Gasteiger partial charge in [0.15, 0.2) is 0 Å². The van der Waals surface area contributed by atoms with Crippen molar-refractivity contribution in [2.24, 2.45) is 0 Å². The molecule has 0 saturated carbocycles. The summed E-state index contributed by atoms with van der Waals surface area (Å²) in [6.07, 6.45) is 5.33. The summed E-state index contributed by atoms with van der Waals surface area (Å²) in [5, 5.41) is 6.80. The summed E-state index contributed by atoms with van der Waals surface area (Å²) in [5.74, 6) is 2.49. The van der Waals surface area contributed by atoms with E-state index >= 15 is 0 Å². The molecule has 1 aromatic heterocycles. The summed E-state index contributed by atoms with van der Waals surface area (Å²) in [6.45, 7) is 3.96. The lowest BCUT2D eigenvalue weighted by Gasteiger charge is -2.06. The minimum absolute atomic E-state index is 0.163. The molecule has 1 aromatic carbocycles. The lowest BCUT2D eigenvalue weighted by atomic mass is 10.1. The summed E-state index contributed by atoms with van der Waals surface area (Å²) >= 11 is 1.10. The molecule has 0 aliphatic rings. The second-order valence-corrected chi connectivity index (χ2v) is 5.08. The van der Waals surface area contributed by atoms with Crippen LogP contribution in [0, 0.1) is 12.3 Å². The van der Waals surface area contributed by atoms with Crippen molar-refractivity contribution >= 4 is 23.1 Å². The molecule has 0 saturated heterocycles. The molecule has 1 heterocycles. The lowest BCUT2D eigenvalue weighted by molar-refractivity contribution is 0.102. The smallest absolute Gasteiger partial charge is 0.269 e. The summed E-state index contributed by atoms with van der Waals surface area (Å²) in [6, 6.07) is 7.16. The van der Waals surface area contributed by atoms with E-state index < -0.39 is 0 Å². The van der Waals surface area contributed by atoms with E-state index in [-0.39, 0.29) is 11.8 Å². The summed E-state index contributed by atoms with van der Waals surface area (Å²) < 4.78 is 3.84. The summed E-state index contributed by atoms with van der Waals surface area (Å²) in [5.41, 5.74) is 2.11. The monoisotopic (exact) mass is 271 g/mol. The van der Waals surface area contributed by atoms with Crippen molar-refractivity contribution in [2.45, 2.75) is 19.8 Å². The van der Waals surface area contributed by atoms with E-state index in [1.165, 1.54) is 0 Å². The van der Waals surface area contributed by atoms with Crippen molar-refractivity contribution in [3.63, 3.8) is 0 Å². The molecule has 5 heteroatoms. The van der Waals surface area contributed by atoms with Crippen LogP contribution in [0.2, 0.25) is 0 Å². The van der Waals surface area contributed by atoms with Gasteiger partial charge in [0.25, 0.3) is 5.91 Å². The second kappa shape index (κ2) is 5.63. The third-order valence-corrected chi connectivity index (χ3v) is 3.29. The van der Waals surface area contributed by atoms with Gasteiger partial charge in [-0.2, -0.15) is 0 Å². The molecular formula is C14H13N3OS. The van der Waals surface area contributed by atoms with Gasteiger partial charge in [0.1, 0.15) is 4.88 Å². The Balaban J connectivity index is 2.21. The van der Waals surface area contributed by atoms with Crippen LogP contribution in [0.3, 0.4) is 0 Å². The van der Waals surface area contributed by atoms with Crippen LogP contribution < -0.4 is 5.32 Å². The van der Waals surface area contributed by atoms with E-state index in [2.05, 4.69) is 20.8 Å². The SMILES string of the molecule is C#Cc1cccc(NC(=O)c2snnc2C(C)C)c1. The normalized spacial score (nSPS) is 10.2. The third-order valence-electron chi connectivity index (χ3n) is 2.55. The van der Waals surface area contributed by atoms with Crippen molar-refractivity contribution in [1.82, 2.24) is 9.59 Å². The maximum Gasteiger partial charge on any atom is 0.269 e. The molecule has 0 spiro atoms. The van der Waals surface area contributed by atoms with Crippen LogP contribution in [-0.4, -0.2) is 15.5 Å². The Morgan fingerprint density at radius 3 is 2.95 bits per heavy atom. The number of carbonyl (C=O) groups excluding carboxylic acids is 1. The fraction of sp³-hybridized carbons (Fsp3) is 0.214. The van der Waals surface area contributed by atoms with Gasteiger partial charge in [0.05, 0.1) is 5.69 Å². The molecular weight excluding hydrogens is 258 g/mol. The van der Waals surface area contributed by atoms with Crippen molar-refractivity contribution in [1.29, 1.82) is 0 Å². The molecule has 0 unspecified atom stereocenters. The fourth-order valence-electron chi connectivity index (χ4n) is 1.61. The minimum atomic E-state index is -0.201. The van der Waals surface area contributed by atoms with Crippen molar-refractivity contribution in [2.75, 3.05) is 5.32 Å². The number of hydrogen-bond acceptors (Lipinski definition) is 4. The van der Waals surface area contributed by atoms with E-state index in [1.54, 1.807) is 18.2 Å². The number of rotatable bonds is 3. The Labute approximate surface area is 116 Å². The van der Waals surface area contributed by atoms with E-state index in [0.29, 0.717) is 10.6 Å². The molecule has 0 aliphatic heterocycles. The second-order valence-electron chi connectivity index (χ2n) is 4.32. The molecule has 0 bridgehead atoms. The molecule has 19 heavy (non-hydrogen) atoms. The third kappa shape index (κ3) is 2.98. The molecule has 96 valence electrons. The maximum atomic E-state index is 12.2. The van der Waals surface area contributed by atoms with Gasteiger partial charge < -0.3 is 5.32 Å². The number of hydrogen-bond donors (Lipinski definition) is 1. The van der Waals surface area contributed by atoms with Crippen LogP contribution in [-0.2, 0) is 0 Å². The molecule has 2 aromatic rings. The molecule has 0 atom stereocenters. The average molecular weight is 271 g/mol. The van der Waals surface area contributed by atoms with Gasteiger partial charge in [-0.1, -0.05) is 30.3 Å². The molecule has 0 fully saturated rings. The first-order chi connectivity index (χ1) is 9.11. The number of nitrogens with one attached hydrogen (secondary N) is 1. The molecule has 4 nitrogen and oxygen atoms in total. The van der Waals surface area contributed by atoms with Gasteiger partial charge in [-0.25, -0.2) is 0 Å². The van der Waals surface area contributed by atoms with Crippen LogP contribution in [0.15, 0.2) is 24.3 Å². The van der Waals surface area contributed by atoms with Crippen LogP contribution in [0.25, 0.3) is 0 Å².